The molecule has 212 valence electrons. The molecule has 0 fully saturated rings. The fourth-order valence-electron chi connectivity index (χ4n) is 7.27. The number of nitrogens with zero attached hydrogens (tertiary/aromatic N) is 1. The molecule has 0 radical (unpaired) electrons. The van der Waals surface area contributed by atoms with Crippen molar-refractivity contribution in [1.82, 2.24) is 0 Å². The highest BCUT2D eigenvalue weighted by atomic mass is 15.2. The zero-order chi connectivity index (χ0) is 29.7. The quantitative estimate of drug-likeness (QED) is 0.201. The van der Waals surface area contributed by atoms with Crippen molar-refractivity contribution in [3.8, 4) is 22.3 Å². The van der Waals surface area contributed by atoms with Gasteiger partial charge in [0.1, 0.15) is 0 Å². The zero-order valence-corrected chi connectivity index (χ0v) is 25.3. The number of anilines is 2. The van der Waals surface area contributed by atoms with Crippen LogP contribution >= 0.6 is 0 Å². The first-order valence-corrected chi connectivity index (χ1v) is 15.7. The van der Waals surface area contributed by atoms with E-state index in [0.29, 0.717) is 0 Å². The molecule has 6 aromatic rings. The van der Waals surface area contributed by atoms with Crippen molar-refractivity contribution in [1.29, 1.82) is 0 Å². The maximum atomic E-state index is 2.46. The Hall–Kier alpha value is -5.14. The third-order valence-electron chi connectivity index (χ3n) is 9.49. The van der Waals surface area contributed by atoms with E-state index in [1.54, 1.807) is 0 Å². The summed E-state index contributed by atoms with van der Waals surface area (Å²) in [4.78, 5) is 2.46. The molecule has 0 saturated heterocycles. The van der Waals surface area contributed by atoms with Gasteiger partial charge >= 0.3 is 0 Å². The number of fused-ring (bicyclic) bond motifs is 4. The highest BCUT2D eigenvalue weighted by molar-refractivity contribution is 5.98. The third-order valence-corrected chi connectivity index (χ3v) is 9.49. The van der Waals surface area contributed by atoms with Crippen LogP contribution in [-0.4, -0.2) is 0 Å². The van der Waals surface area contributed by atoms with E-state index in [1.165, 1.54) is 72.4 Å². The Balaban J connectivity index is 1.25. The standard InChI is InChI=1S/C43H35N/c1-43(2)40-28-32(36-22-13-17-30-16-9-10-20-35(30)36)24-26-38(40)39-27-25-34(29-41(39)43)44(33-18-7-4-8-19-33)42-23-12-11-21-37(42)31-14-5-3-6-15-31/h3-10,13-29H,11-12H2,1-2H3. The molecule has 2 aliphatic rings. The van der Waals surface area contributed by atoms with Gasteiger partial charge < -0.3 is 4.90 Å². The van der Waals surface area contributed by atoms with Crippen LogP contribution in [0.1, 0.15) is 43.4 Å². The first-order chi connectivity index (χ1) is 21.6. The molecule has 0 spiro atoms. The van der Waals surface area contributed by atoms with Gasteiger partial charge in [0, 0.05) is 28.1 Å². The Morgan fingerprint density at radius 1 is 0.500 bits per heavy atom. The molecule has 0 aliphatic heterocycles. The van der Waals surface area contributed by atoms with Crippen LogP contribution in [0.15, 0.2) is 157 Å². The second-order valence-corrected chi connectivity index (χ2v) is 12.5. The molecule has 44 heavy (non-hydrogen) atoms. The average molecular weight is 566 g/mol. The Bertz CT molecular complexity index is 2070. The summed E-state index contributed by atoms with van der Waals surface area (Å²) in [7, 11) is 0. The fraction of sp³-hybridized carbons (Fsp3) is 0.116. The summed E-state index contributed by atoms with van der Waals surface area (Å²) in [5.41, 5.74) is 14.0. The first kappa shape index (κ1) is 26.5. The van der Waals surface area contributed by atoms with Crippen LogP contribution in [0.3, 0.4) is 0 Å². The van der Waals surface area contributed by atoms with Gasteiger partial charge in [0.15, 0.2) is 0 Å². The van der Waals surface area contributed by atoms with E-state index >= 15 is 0 Å². The summed E-state index contributed by atoms with van der Waals surface area (Å²) in [6.07, 6.45) is 6.91. The third kappa shape index (κ3) is 4.31. The van der Waals surface area contributed by atoms with Gasteiger partial charge in [0.05, 0.1) is 0 Å². The number of benzene rings is 6. The molecule has 0 aromatic heterocycles. The summed E-state index contributed by atoms with van der Waals surface area (Å²) in [5.74, 6) is 0. The lowest BCUT2D eigenvalue weighted by Gasteiger charge is -2.32. The fourth-order valence-corrected chi connectivity index (χ4v) is 7.27. The summed E-state index contributed by atoms with van der Waals surface area (Å²) < 4.78 is 0. The maximum Gasteiger partial charge on any atom is 0.0497 e. The van der Waals surface area contributed by atoms with Crippen molar-refractivity contribution in [3.63, 3.8) is 0 Å². The van der Waals surface area contributed by atoms with Crippen molar-refractivity contribution < 1.29 is 0 Å². The molecule has 8 rings (SSSR count). The molecule has 0 heterocycles. The van der Waals surface area contributed by atoms with Crippen LogP contribution in [0.2, 0.25) is 0 Å². The Labute approximate surface area is 260 Å². The molecule has 0 bridgehead atoms. The van der Waals surface area contributed by atoms with Gasteiger partial charge in [-0.25, -0.2) is 0 Å². The normalized spacial score (nSPS) is 14.9. The molecule has 0 atom stereocenters. The molecule has 0 unspecified atom stereocenters. The van der Waals surface area contributed by atoms with E-state index in [-0.39, 0.29) is 5.41 Å². The van der Waals surface area contributed by atoms with Crippen LogP contribution in [0.5, 0.6) is 0 Å². The van der Waals surface area contributed by atoms with Gasteiger partial charge in [-0.1, -0.05) is 135 Å². The van der Waals surface area contributed by atoms with E-state index < -0.39 is 0 Å². The Morgan fingerprint density at radius 2 is 1.16 bits per heavy atom. The van der Waals surface area contributed by atoms with Crippen LogP contribution < -0.4 is 4.90 Å². The number of hydrogen-bond acceptors (Lipinski definition) is 1. The van der Waals surface area contributed by atoms with Gasteiger partial charge in [-0.15, -0.1) is 0 Å². The van der Waals surface area contributed by atoms with E-state index in [9.17, 15) is 0 Å². The number of hydrogen-bond donors (Lipinski definition) is 0. The molecule has 2 aliphatic carbocycles. The monoisotopic (exact) mass is 565 g/mol. The molecular weight excluding hydrogens is 530 g/mol. The van der Waals surface area contributed by atoms with Crippen molar-refractivity contribution in [2.24, 2.45) is 0 Å². The minimum absolute atomic E-state index is 0.136. The Morgan fingerprint density at radius 3 is 1.98 bits per heavy atom. The van der Waals surface area contributed by atoms with Crippen molar-refractivity contribution >= 4 is 27.7 Å². The SMILES string of the molecule is CC1(C)c2cc(-c3cccc4ccccc34)ccc2-c2ccc(N(C3=CCCC=C3c3ccccc3)c3ccccc3)cc21. The van der Waals surface area contributed by atoms with Gasteiger partial charge in [0.2, 0.25) is 0 Å². The zero-order valence-electron chi connectivity index (χ0n) is 25.3. The molecule has 0 N–H and O–H groups in total. The largest absolute Gasteiger partial charge is 0.310 e. The topological polar surface area (TPSA) is 3.24 Å². The highest BCUT2D eigenvalue weighted by Crippen LogP contribution is 2.52. The molecule has 6 aromatic carbocycles. The lowest BCUT2D eigenvalue weighted by atomic mass is 9.81. The average Bonchev–Trinajstić information content (AvgIpc) is 3.31. The van der Waals surface area contributed by atoms with Crippen LogP contribution in [0.25, 0.3) is 38.6 Å². The maximum absolute atomic E-state index is 2.46. The minimum Gasteiger partial charge on any atom is -0.310 e. The Kier molecular flexibility index (Phi) is 6.34. The number of rotatable bonds is 5. The van der Waals surface area contributed by atoms with Crippen molar-refractivity contribution in [2.75, 3.05) is 4.90 Å². The molecule has 1 nitrogen and oxygen atoms in total. The molecular formula is C43H35N. The lowest BCUT2D eigenvalue weighted by molar-refractivity contribution is 0.660. The summed E-state index contributed by atoms with van der Waals surface area (Å²) in [6.45, 7) is 4.77. The van der Waals surface area contributed by atoms with Gasteiger partial charge in [-0.3, -0.25) is 0 Å². The predicted octanol–water partition coefficient (Wildman–Crippen LogP) is 11.7. The molecule has 0 amide bonds. The number of para-hydroxylation sites is 1. The van der Waals surface area contributed by atoms with E-state index in [0.717, 1.165) is 12.8 Å². The van der Waals surface area contributed by atoms with E-state index in [4.69, 9.17) is 0 Å². The molecule has 0 saturated carbocycles. The van der Waals surface area contributed by atoms with Crippen LogP contribution in [-0.2, 0) is 5.41 Å². The highest BCUT2D eigenvalue weighted by Gasteiger charge is 2.36. The first-order valence-electron chi connectivity index (χ1n) is 15.7. The van der Waals surface area contributed by atoms with Crippen molar-refractivity contribution in [3.05, 3.63) is 174 Å². The molecule has 1 heteroatoms. The number of allylic oxidation sites excluding steroid dienone is 3. The predicted molar refractivity (Wildman–Crippen MR) is 187 cm³/mol. The van der Waals surface area contributed by atoms with Gasteiger partial charge in [0.25, 0.3) is 0 Å². The second-order valence-electron chi connectivity index (χ2n) is 12.5. The van der Waals surface area contributed by atoms with Crippen molar-refractivity contribution in [2.45, 2.75) is 32.1 Å². The van der Waals surface area contributed by atoms with Crippen LogP contribution in [0, 0.1) is 0 Å². The van der Waals surface area contributed by atoms with E-state index in [1.807, 2.05) is 0 Å². The summed E-state index contributed by atoms with van der Waals surface area (Å²) in [5, 5.41) is 2.58. The van der Waals surface area contributed by atoms with Crippen LogP contribution in [0.4, 0.5) is 11.4 Å². The van der Waals surface area contributed by atoms with E-state index in [2.05, 4.69) is 170 Å². The van der Waals surface area contributed by atoms with Gasteiger partial charge in [-0.05, 0) is 92.9 Å². The summed E-state index contributed by atoms with van der Waals surface area (Å²) in [6, 6.07) is 51.2. The minimum atomic E-state index is -0.136. The summed E-state index contributed by atoms with van der Waals surface area (Å²) >= 11 is 0. The lowest BCUT2D eigenvalue weighted by Crippen LogP contribution is -2.20. The van der Waals surface area contributed by atoms with Gasteiger partial charge in [-0.2, -0.15) is 0 Å². The smallest absolute Gasteiger partial charge is 0.0497 e. The second kappa shape index (κ2) is 10.5.